The number of aliphatic hydroxyl groups excluding tert-OH is 1. The Balaban J connectivity index is 1.61. The number of carbonyl (C=O) groups is 1. The molecule has 4 nitrogen and oxygen atoms in total. The minimum atomic E-state index is -0.717. The van der Waals surface area contributed by atoms with Crippen molar-refractivity contribution in [1.29, 1.82) is 0 Å². The van der Waals surface area contributed by atoms with Crippen LogP contribution in [0.5, 0.6) is 5.75 Å². The maximum atomic E-state index is 12.5. The van der Waals surface area contributed by atoms with E-state index in [0.29, 0.717) is 13.0 Å². The van der Waals surface area contributed by atoms with Gasteiger partial charge in [-0.3, -0.25) is 4.79 Å². The van der Waals surface area contributed by atoms with Gasteiger partial charge in [0.1, 0.15) is 11.9 Å². The van der Waals surface area contributed by atoms with E-state index in [4.69, 9.17) is 0 Å². The van der Waals surface area contributed by atoms with E-state index in [-0.39, 0.29) is 17.6 Å². The highest BCUT2D eigenvalue weighted by molar-refractivity contribution is 5.83. The van der Waals surface area contributed by atoms with Crippen LogP contribution in [0.4, 0.5) is 0 Å². The van der Waals surface area contributed by atoms with Crippen molar-refractivity contribution in [3.8, 4) is 5.75 Å². The molecule has 3 rings (SSSR count). The smallest absolute Gasteiger partial charge is 0.227 e. The van der Waals surface area contributed by atoms with Crippen LogP contribution in [0, 0.1) is 0 Å². The molecule has 0 saturated carbocycles. The summed E-state index contributed by atoms with van der Waals surface area (Å²) < 4.78 is 0. The monoisotopic (exact) mass is 375 g/mol. The zero-order valence-corrected chi connectivity index (χ0v) is 15.9. The Labute approximate surface area is 165 Å². The second-order valence-corrected chi connectivity index (χ2v) is 6.91. The molecule has 2 atom stereocenters. The summed E-state index contributed by atoms with van der Waals surface area (Å²) in [5.74, 6) is -0.133. The largest absolute Gasteiger partial charge is 0.508 e. The molecule has 0 aliphatic heterocycles. The fourth-order valence-corrected chi connectivity index (χ4v) is 3.12. The minimum Gasteiger partial charge on any atom is -0.508 e. The molecule has 3 N–H and O–H groups in total. The average molecular weight is 375 g/mol. The number of aromatic hydroxyl groups is 1. The van der Waals surface area contributed by atoms with Gasteiger partial charge in [-0.15, -0.1) is 0 Å². The van der Waals surface area contributed by atoms with Crippen LogP contribution < -0.4 is 5.32 Å². The third kappa shape index (κ3) is 4.99. The lowest BCUT2D eigenvalue weighted by molar-refractivity contribution is -0.122. The predicted molar refractivity (Wildman–Crippen MR) is 110 cm³/mol. The Bertz CT molecular complexity index is 907. The van der Waals surface area contributed by atoms with Gasteiger partial charge in [-0.05, 0) is 47.7 Å². The summed E-state index contributed by atoms with van der Waals surface area (Å²) in [5.41, 5.74) is 3.52. The van der Waals surface area contributed by atoms with Crippen LogP contribution in [0.2, 0.25) is 0 Å². The van der Waals surface area contributed by atoms with Crippen LogP contribution >= 0.6 is 0 Å². The number of hydrogen-bond donors (Lipinski definition) is 3. The van der Waals surface area contributed by atoms with E-state index in [2.05, 4.69) is 5.32 Å². The number of phenolic OH excluding ortho intramolecular Hbond substituents is 1. The number of phenols is 1. The number of carbonyl (C=O) groups excluding carboxylic acids is 1. The molecule has 0 saturated heterocycles. The first-order valence-corrected chi connectivity index (χ1v) is 9.43. The fourth-order valence-electron chi connectivity index (χ4n) is 3.12. The fraction of sp³-hybridized carbons (Fsp3) is 0.208. The van der Waals surface area contributed by atoms with E-state index in [1.54, 1.807) is 12.1 Å². The lowest BCUT2D eigenvalue weighted by Crippen LogP contribution is -2.29. The number of amides is 1. The average Bonchev–Trinajstić information content (AvgIpc) is 2.74. The molecule has 0 heterocycles. The van der Waals surface area contributed by atoms with Crippen LogP contribution in [0.25, 0.3) is 0 Å². The second-order valence-electron chi connectivity index (χ2n) is 6.91. The molecule has 0 spiro atoms. The minimum absolute atomic E-state index is 0.0508. The molecule has 0 bridgehead atoms. The van der Waals surface area contributed by atoms with E-state index >= 15 is 0 Å². The Morgan fingerprint density at radius 2 is 1.54 bits per heavy atom. The van der Waals surface area contributed by atoms with Crippen molar-refractivity contribution in [3.63, 3.8) is 0 Å². The highest BCUT2D eigenvalue weighted by atomic mass is 16.3. The van der Waals surface area contributed by atoms with Crippen LogP contribution in [0.3, 0.4) is 0 Å². The Morgan fingerprint density at radius 3 is 2.25 bits per heavy atom. The topological polar surface area (TPSA) is 69.6 Å². The summed E-state index contributed by atoms with van der Waals surface area (Å²) in [6.45, 7) is 2.39. The molecule has 0 aliphatic carbocycles. The molecular weight excluding hydrogens is 350 g/mol. The highest BCUT2D eigenvalue weighted by Gasteiger charge is 2.17. The van der Waals surface area contributed by atoms with Gasteiger partial charge in [0.25, 0.3) is 0 Å². The summed E-state index contributed by atoms with van der Waals surface area (Å²) in [7, 11) is 0. The molecular formula is C24H25NO3. The molecule has 3 aromatic rings. The number of rotatable bonds is 7. The molecule has 28 heavy (non-hydrogen) atoms. The number of hydrogen-bond acceptors (Lipinski definition) is 3. The molecule has 3 aromatic carbocycles. The molecule has 0 radical (unpaired) electrons. The van der Waals surface area contributed by atoms with Crippen LogP contribution in [0.15, 0.2) is 78.9 Å². The van der Waals surface area contributed by atoms with Crippen molar-refractivity contribution in [1.82, 2.24) is 5.32 Å². The summed E-state index contributed by atoms with van der Waals surface area (Å²) in [5, 5.41) is 22.9. The molecule has 144 valence electrons. The number of benzene rings is 3. The van der Waals surface area contributed by atoms with Gasteiger partial charge in [0, 0.05) is 6.54 Å². The summed E-state index contributed by atoms with van der Waals surface area (Å²) in [6, 6.07) is 24.0. The van der Waals surface area contributed by atoms with E-state index < -0.39 is 6.10 Å². The van der Waals surface area contributed by atoms with Crippen molar-refractivity contribution in [2.45, 2.75) is 25.4 Å². The van der Waals surface area contributed by atoms with Crippen molar-refractivity contribution >= 4 is 5.91 Å². The maximum absolute atomic E-state index is 12.5. The number of nitrogens with one attached hydrogen (secondary N) is 1. The third-order valence-corrected chi connectivity index (χ3v) is 4.88. The van der Waals surface area contributed by atoms with E-state index in [1.165, 1.54) is 0 Å². The SMILES string of the molecule is C[C@H](C(=O)NCCc1ccc(O)cc1)c1cccc(C(O)c2ccccc2)c1. The first-order chi connectivity index (χ1) is 13.5. The van der Waals surface area contributed by atoms with Crippen molar-refractivity contribution < 1.29 is 15.0 Å². The van der Waals surface area contributed by atoms with Gasteiger partial charge in [0.05, 0.1) is 5.92 Å². The van der Waals surface area contributed by atoms with E-state index in [1.807, 2.05) is 73.7 Å². The van der Waals surface area contributed by atoms with Gasteiger partial charge in [-0.1, -0.05) is 66.7 Å². The van der Waals surface area contributed by atoms with E-state index in [0.717, 1.165) is 22.3 Å². The molecule has 0 aliphatic rings. The van der Waals surface area contributed by atoms with E-state index in [9.17, 15) is 15.0 Å². The third-order valence-electron chi connectivity index (χ3n) is 4.88. The van der Waals surface area contributed by atoms with Gasteiger partial charge in [-0.2, -0.15) is 0 Å². The van der Waals surface area contributed by atoms with Crippen LogP contribution in [-0.4, -0.2) is 22.7 Å². The van der Waals surface area contributed by atoms with Gasteiger partial charge < -0.3 is 15.5 Å². The highest BCUT2D eigenvalue weighted by Crippen LogP contribution is 2.25. The molecule has 1 amide bonds. The Hall–Kier alpha value is -3.11. The summed E-state index contributed by atoms with van der Waals surface area (Å²) >= 11 is 0. The standard InChI is InChI=1S/C24H25NO3/c1-17(24(28)25-15-14-18-10-12-22(26)13-11-18)20-8-5-9-21(16-20)23(27)19-6-3-2-4-7-19/h2-13,16-17,23,26-27H,14-15H2,1H3,(H,25,28)/t17-,23?/m0/s1. The first kappa shape index (κ1) is 19.6. The van der Waals surface area contributed by atoms with Crippen molar-refractivity contribution in [2.24, 2.45) is 0 Å². The summed E-state index contributed by atoms with van der Waals surface area (Å²) in [6.07, 6.45) is -0.0169. The Morgan fingerprint density at radius 1 is 0.893 bits per heavy atom. The van der Waals surface area contributed by atoms with Crippen molar-refractivity contribution in [2.75, 3.05) is 6.54 Å². The molecule has 4 heteroatoms. The second kappa shape index (κ2) is 9.20. The number of aliphatic hydroxyl groups is 1. The Kier molecular flexibility index (Phi) is 6.45. The normalized spacial score (nSPS) is 12.9. The molecule has 0 fully saturated rings. The first-order valence-electron chi connectivity index (χ1n) is 9.43. The lowest BCUT2D eigenvalue weighted by Gasteiger charge is -2.16. The lowest BCUT2D eigenvalue weighted by atomic mass is 9.94. The zero-order valence-electron chi connectivity index (χ0n) is 15.9. The predicted octanol–water partition coefficient (Wildman–Crippen LogP) is 3.94. The zero-order chi connectivity index (χ0) is 19.9. The molecule has 0 aromatic heterocycles. The quantitative estimate of drug-likeness (QED) is 0.586. The van der Waals surface area contributed by atoms with Gasteiger partial charge >= 0.3 is 0 Å². The van der Waals surface area contributed by atoms with Gasteiger partial charge in [0.15, 0.2) is 0 Å². The summed E-state index contributed by atoms with van der Waals surface area (Å²) in [4.78, 5) is 12.5. The van der Waals surface area contributed by atoms with Crippen molar-refractivity contribution in [3.05, 3.63) is 101 Å². The van der Waals surface area contributed by atoms with Crippen LogP contribution in [0.1, 0.15) is 41.2 Å². The molecule has 1 unspecified atom stereocenters. The van der Waals surface area contributed by atoms with Gasteiger partial charge in [-0.25, -0.2) is 0 Å². The van der Waals surface area contributed by atoms with Gasteiger partial charge in [0.2, 0.25) is 5.91 Å². The maximum Gasteiger partial charge on any atom is 0.227 e. The van der Waals surface area contributed by atoms with Crippen LogP contribution in [-0.2, 0) is 11.2 Å².